The highest BCUT2D eigenvalue weighted by molar-refractivity contribution is 5.59. The Bertz CT molecular complexity index is 895. The van der Waals surface area contributed by atoms with E-state index in [2.05, 4.69) is 30.4 Å². The zero-order valence-electron chi connectivity index (χ0n) is 14.9. The van der Waals surface area contributed by atoms with Crippen LogP contribution in [-0.4, -0.2) is 55.0 Å². The van der Waals surface area contributed by atoms with E-state index >= 15 is 4.39 Å². The van der Waals surface area contributed by atoms with Crippen LogP contribution >= 0.6 is 0 Å². The van der Waals surface area contributed by atoms with E-state index in [-0.39, 0.29) is 29.8 Å². The van der Waals surface area contributed by atoms with Crippen molar-refractivity contribution in [2.75, 3.05) is 23.3 Å². The number of hydrogen-bond acceptors (Lipinski definition) is 8. The number of hydrogen-bond donors (Lipinski definition) is 1. The van der Waals surface area contributed by atoms with E-state index in [1.54, 1.807) is 24.7 Å². The number of morpholine rings is 1. The van der Waals surface area contributed by atoms with Gasteiger partial charge >= 0.3 is 0 Å². The van der Waals surface area contributed by atoms with Crippen LogP contribution in [0.4, 0.5) is 21.8 Å². The molecule has 2 atom stereocenters. The van der Waals surface area contributed by atoms with Gasteiger partial charge in [0.2, 0.25) is 5.82 Å². The summed E-state index contributed by atoms with van der Waals surface area (Å²) in [4.78, 5) is 18.7. The molecule has 27 heavy (non-hydrogen) atoms. The molecule has 1 aliphatic heterocycles. The van der Waals surface area contributed by atoms with E-state index in [9.17, 15) is 0 Å². The van der Waals surface area contributed by atoms with E-state index in [4.69, 9.17) is 4.74 Å². The summed E-state index contributed by atoms with van der Waals surface area (Å²) in [6, 6.07) is 1.75. The highest BCUT2D eigenvalue weighted by Gasteiger charge is 2.28. The smallest absolute Gasteiger partial charge is 0.254 e. The number of aromatic nitrogens is 6. The Morgan fingerprint density at radius 1 is 1.15 bits per heavy atom. The molecule has 10 heteroatoms. The van der Waals surface area contributed by atoms with Crippen molar-refractivity contribution >= 4 is 17.5 Å². The lowest BCUT2D eigenvalue weighted by atomic mass is 10.2. The van der Waals surface area contributed by atoms with Crippen LogP contribution in [0, 0.1) is 5.82 Å². The average Bonchev–Trinajstić information content (AvgIpc) is 3.18. The lowest BCUT2D eigenvalue weighted by molar-refractivity contribution is -0.00565. The van der Waals surface area contributed by atoms with Gasteiger partial charge < -0.3 is 15.0 Å². The van der Waals surface area contributed by atoms with Crippen LogP contribution in [0.3, 0.4) is 0 Å². The topological polar surface area (TPSA) is 93.9 Å². The maximum absolute atomic E-state index is 15.3. The highest BCUT2D eigenvalue weighted by Crippen LogP contribution is 2.28. The second kappa shape index (κ2) is 7.23. The third-order valence-electron chi connectivity index (χ3n) is 4.06. The highest BCUT2D eigenvalue weighted by atomic mass is 19.1. The summed E-state index contributed by atoms with van der Waals surface area (Å²) in [6.07, 6.45) is 7.80. The van der Waals surface area contributed by atoms with E-state index in [0.717, 1.165) is 0 Å². The molecule has 3 aromatic rings. The van der Waals surface area contributed by atoms with Crippen LogP contribution in [0.15, 0.2) is 37.1 Å². The molecule has 3 aromatic heterocycles. The Labute approximate surface area is 155 Å². The monoisotopic (exact) mass is 370 g/mol. The van der Waals surface area contributed by atoms with Gasteiger partial charge in [-0.1, -0.05) is 0 Å². The van der Waals surface area contributed by atoms with Crippen molar-refractivity contribution in [3.63, 3.8) is 0 Å². The second-order valence-corrected chi connectivity index (χ2v) is 6.34. The van der Waals surface area contributed by atoms with Gasteiger partial charge in [0, 0.05) is 37.9 Å². The molecule has 4 heterocycles. The molecule has 0 amide bonds. The predicted molar refractivity (Wildman–Crippen MR) is 96.6 cm³/mol. The molecule has 0 saturated carbocycles. The van der Waals surface area contributed by atoms with Gasteiger partial charge in [0.15, 0.2) is 11.6 Å². The summed E-state index contributed by atoms with van der Waals surface area (Å²) in [5.41, 5.74) is 0. The lowest BCUT2D eigenvalue weighted by Crippen LogP contribution is -2.46. The standard InChI is InChI=1S/C17H19FN8O/c1-11-9-25(10-12(2)27-11)16-14(18)15(22-13-8-19-5-6-20-13)23-17(24-16)26-7-3-4-21-26/h3-8,11-12H,9-10H2,1-2H3,(H,20,22,23,24). The van der Waals surface area contributed by atoms with Gasteiger partial charge in [-0.05, 0) is 19.9 Å². The maximum atomic E-state index is 15.3. The minimum absolute atomic E-state index is 0.0118. The van der Waals surface area contributed by atoms with Gasteiger partial charge in [-0.15, -0.1) is 0 Å². The molecule has 1 aliphatic rings. The molecular formula is C17H19FN8O. The molecule has 1 fully saturated rings. The number of rotatable bonds is 4. The predicted octanol–water partition coefficient (Wildman–Crippen LogP) is 1.95. The van der Waals surface area contributed by atoms with Crippen molar-refractivity contribution in [1.82, 2.24) is 29.7 Å². The molecular weight excluding hydrogens is 351 g/mol. The van der Waals surface area contributed by atoms with E-state index in [1.807, 2.05) is 18.7 Å². The van der Waals surface area contributed by atoms with Crippen LogP contribution in [0.25, 0.3) is 5.95 Å². The van der Waals surface area contributed by atoms with Gasteiger partial charge in [-0.25, -0.2) is 9.67 Å². The van der Waals surface area contributed by atoms with Gasteiger partial charge in [0.1, 0.15) is 5.82 Å². The summed E-state index contributed by atoms with van der Waals surface area (Å²) in [6.45, 7) is 4.96. The largest absolute Gasteiger partial charge is 0.372 e. The van der Waals surface area contributed by atoms with Gasteiger partial charge in [0.25, 0.3) is 5.95 Å². The molecule has 0 bridgehead atoms. The molecule has 2 unspecified atom stereocenters. The minimum atomic E-state index is -0.558. The van der Waals surface area contributed by atoms with Crippen LogP contribution in [0.2, 0.25) is 0 Å². The molecule has 0 spiro atoms. The van der Waals surface area contributed by atoms with E-state index in [1.165, 1.54) is 17.1 Å². The molecule has 9 nitrogen and oxygen atoms in total. The van der Waals surface area contributed by atoms with E-state index < -0.39 is 5.82 Å². The Balaban J connectivity index is 1.77. The summed E-state index contributed by atoms with van der Waals surface area (Å²) in [5.74, 6) is 0.297. The maximum Gasteiger partial charge on any atom is 0.254 e. The van der Waals surface area contributed by atoms with Gasteiger partial charge in [-0.2, -0.15) is 19.5 Å². The van der Waals surface area contributed by atoms with E-state index in [0.29, 0.717) is 18.9 Å². The van der Waals surface area contributed by atoms with Crippen LogP contribution in [-0.2, 0) is 4.74 Å². The first-order chi connectivity index (χ1) is 13.1. The summed E-state index contributed by atoms with van der Waals surface area (Å²) in [5, 5.41) is 7.03. The molecule has 1 N–H and O–H groups in total. The summed E-state index contributed by atoms with van der Waals surface area (Å²) in [7, 11) is 0. The molecule has 0 aliphatic carbocycles. The lowest BCUT2D eigenvalue weighted by Gasteiger charge is -2.36. The molecule has 4 rings (SSSR count). The number of nitrogens with zero attached hydrogens (tertiary/aromatic N) is 7. The third-order valence-corrected chi connectivity index (χ3v) is 4.06. The SMILES string of the molecule is CC1CN(c2nc(-n3cccn3)nc(Nc3cnccn3)c2F)CC(C)O1. The summed E-state index contributed by atoms with van der Waals surface area (Å²) >= 11 is 0. The summed E-state index contributed by atoms with van der Waals surface area (Å²) < 4.78 is 22.5. The zero-order chi connectivity index (χ0) is 18.8. The van der Waals surface area contributed by atoms with Crippen molar-refractivity contribution in [2.24, 2.45) is 0 Å². The zero-order valence-corrected chi connectivity index (χ0v) is 14.9. The van der Waals surface area contributed by atoms with Crippen LogP contribution < -0.4 is 10.2 Å². The number of nitrogens with one attached hydrogen (secondary N) is 1. The molecule has 140 valence electrons. The van der Waals surface area contributed by atoms with Gasteiger partial charge in [0.05, 0.1) is 18.4 Å². The molecule has 1 saturated heterocycles. The Morgan fingerprint density at radius 3 is 2.63 bits per heavy atom. The Morgan fingerprint density at radius 2 is 1.96 bits per heavy atom. The number of ether oxygens (including phenoxy) is 1. The van der Waals surface area contributed by atoms with Crippen molar-refractivity contribution in [1.29, 1.82) is 0 Å². The van der Waals surface area contributed by atoms with Crippen LogP contribution in [0.5, 0.6) is 0 Å². The molecule has 0 aromatic carbocycles. The van der Waals surface area contributed by atoms with Crippen molar-refractivity contribution in [3.05, 3.63) is 42.9 Å². The van der Waals surface area contributed by atoms with Crippen molar-refractivity contribution in [3.8, 4) is 5.95 Å². The normalized spacial score (nSPS) is 19.9. The first-order valence-corrected chi connectivity index (χ1v) is 8.61. The quantitative estimate of drug-likeness (QED) is 0.745. The first kappa shape index (κ1) is 17.3. The number of anilines is 3. The molecule has 0 radical (unpaired) electrons. The third kappa shape index (κ3) is 3.70. The average molecular weight is 370 g/mol. The fourth-order valence-corrected chi connectivity index (χ4v) is 3.04. The second-order valence-electron chi connectivity index (χ2n) is 6.34. The van der Waals surface area contributed by atoms with Crippen molar-refractivity contribution < 1.29 is 9.13 Å². The van der Waals surface area contributed by atoms with Gasteiger partial charge in [-0.3, -0.25) is 4.98 Å². The first-order valence-electron chi connectivity index (χ1n) is 8.61. The minimum Gasteiger partial charge on any atom is -0.372 e. The number of halogens is 1. The Kier molecular flexibility index (Phi) is 4.63. The Hall–Kier alpha value is -3.14. The fraction of sp³-hybridized carbons (Fsp3) is 0.353. The fourth-order valence-electron chi connectivity index (χ4n) is 3.04. The van der Waals surface area contributed by atoms with Crippen LogP contribution in [0.1, 0.15) is 13.8 Å². The van der Waals surface area contributed by atoms with Crippen molar-refractivity contribution in [2.45, 2.75) is 26.1 Å².